The first kappa shape index (κ1) is 95.4. The zero-order valence-corrected chi connectivity index (χ0v) is 79.4. The van der Waals surface area contributed by atoms with E-state index in [2.05, 4.69) is 85.9 Å². The molecule has 0 amide bonds. The average Bonchev–Trinajstić information content (AvgIpc) is 1.61. The van der Waals surface area contributed by atoms with Crippen LogP contribution in [-0.4, -0.2) is 167 Å². The quantitative estimate of drug-likeness (QED) is 0.0249. The van der Waals surface area contributed by atoms with Gasteiger partial charge in [0.2, 0.25) is 40.1 Å². The fraction of sp³-hybridized carbons (Fsp3) is 0.396. The highest BCUT2D eigenvalue weighted by Gasteiger charge is 2.44. The number of benzene rings is 8. The van der Waals surface area contributed by atoms with Crippen molar-refractivity contribution in [3.8, 4) is 23.0 Å². The highest BCUT2D eigenvalue weighted by Crippen LogP contribution is 2.41. The maximum atomic E-state index is 14.8. The highest BCUT2D eigenvalue weighted by atomic mass is 127. The minimum atomic E-state index is -3.74. The highest BCUT2D eigenvalue weighted by molar-refractivity contribution is 14.1. The number of para-hydroxylation sites is 3. The van der Waals surface area contributed by atoms with E-state index in [1.165, 1.54) is 49.3 Å². The molecule has 4 saturated heterocycles. The normalized spacial score (nSPS) is 20.1. The first-order chi connectivity index (χ1) is 59.2. The third-order valence-electron chi connectivity index (χ3n) is 22.3. The lowest BCUT2D eigenvalue weighted by molar-refractivity contribution is -0.107. The predicted molar refractivity (Wildman–Crippen MR) is 493 cm³/mol. The Morgan fingerprint density at radius 1 is 0.392 bits per heavy atom. The third kappa shape index (κ3) is 21.5. The zero-order chi connectivity index (χ0) is 90.5. The van der Waals surface area contributed by atoms with Crippen molar-refractivity contribution < 1.29 is 75.0 Å². The van der Waals surface area contributed by atoms with Gasteiger partial charge in [0.25, 0.3) is 0 Å². The van der Waals surface area contributed by atoms with Gasteiger partial charge in [-0.2, -0.15) is 32.5 Å². The number of rotatable bonds is 23. The second-order valence-electron chi connectivity index (χ2n) is 33.1. The van der Waals surface area contributed by atoms with Crippen LogP contribution in [0.5, 0.6) is 23.0 Å². The summed E-state index contributed by atoms with van der Waals surface area (Å²) in [4.78, 5) is 16.2. The number of hydrogen-bond acceptors (Lipinski definition) is 17. The number of ether oxygens (including phenoxy) is 4. The van der Waals surface area contributed by atoms with E-state index < -0.39 is 45.9 Å². The number of carbonyl (C=O) groups excluding carboxylic acids is 1. The summed E-state index contributed by atoms with van der Waals surface area (Å²) in [6, 6.07) is 44.7. The first-order valence-electron chi connectivity index (χ1n) is 41.4. The molecule has 4 fully saturated rings. The van der Waals surface area contributed by atoms with Crippen LogP contribution in [0.3, 0.4) is 0 Å². The van der Waals surface area contributed by atoms with Crippen LogP contribution >= 0.6 is 45.2 Å². The van der Waals surface area contributed by atoms with Crippen LogP contribution in [0, 0.1) is 56.6 Å². The summed E-state index contributed by atoms with van der Waals surface area (Å²) < 4.78 is 196. The molecule has 0 radical (unpaired) electrons. The van der Waals surface area contributed by atoms with Gasteiger partial charge in [0.05, 0.1) is 80.1 Å². The van der Waals surface area contributed by atoms with E-state index in [1.807, 2.05) is 94.4 Å². The second-order valence-corrected chi connectivity index (χ2v) is 42.9. The van der Waals surface area contributed by atoms with Gasteiger partial charge >= 0.3 is 0 Å². The Kier molecular flexibility index (Phi) is 30.7. The van der Waals surface area contributed by atoms with E-state index in [9.17, 15) is 56.0 Å². The molecule has 0 saturated carbocycles. The van der Waals surface area contributed by atoms with E-state index in [1.54, 1.807) is 140 Å². The predicted octanol–water partition coefficient (Wildman–Crippen LogP) is 17.9. The number of carbonyl (C=O) groups is 1. The van der Waals surface area contributed by atoms with Crippen molar-refractivity contribution in [3.63, 3.8) is 0 Å². The summed E-state index contributed by atoms with van der Waals surface area (Å²) in [6.45, 7) is 32.5. The van der Waals surface area contributed by atoms with Crippen LogP contribution in [0.2, 0.25) is 0 Å². The molecule has 5 aliphatic heterocycles. The van der Waals surface area contributed by atoms with Gasteiger partial charge in [-0.1, -0.05) is 83.2 Å². The number of hydrogen-bond donors (Lipinski definition) is 0. The van der Waals surface area contributed by atoms with Gasteiger partial charge < -0.3 is 23.7 Å². The summed E-state index contributed by atoms with van der Waals surface area (Å²) in [5, 5.41) is 15.8. The lowest BCUT2D eigenvalue weighted by atomic mass is 10.0. The molecule has 0 aliphatic carbocycles. The molecular weight excluding hydrogens is 1910 g/mol. The van der Waals surface area contributed by atoms with E-state index in [0.29, 0.717) is 110 Å². The Bertz CT molecular complexity index is 6000. The van der Waals surface area contributed by atoms with Crippen LogP contribution in [0.1, 0.15) is 131 Å². The van der Waals surface area contributed by atoms with Gasteiger partial charge in [-0.25, -0.2) is 51.2 Å². The van der Waals surface area contributed by atoms with Crippen LogP contribution in [-0.2, 0) is 64.3 Å². The van der Waals surface area contributed by atoms with Crippen LogP contribution < -0.4 is 18.9 Å². The second kappa shape index (κ2) is 40.3. The van der Waals surface area contributed by atoms with Crippen molar-refractivity contribution in [2.75, 3.05) is 52.4 Å². The molecule has 0 spiro atoms. The fourth-order valence-electron chi connectivity index (χ4n) is 15.9. The van der Waals surface area contributed by atoms with E-state index in [0.717, 1.165) is 37.6 Å². The lowest BCUT2D eigenvalue weighted by Gasteiger charge is -2.18. The van der Waals surface area contributed by atoms with Gasteiger partial charge in [0.1, 0.15) is 76.5 Å². The first-order valence-corrected chi connectivity index (χ1v) is 49.4. The molecule has 11 aromatic rings. The minimum absolute atomic E-state index is 0.00733. The maximum Gasteiger partial charge on any atom is 0.243 e. The van der Waals surface area contributed by atoms with Crippen LogP contribution in [0.15, 0.2) is 207 Å². The average molecular weight is 2020 g/mol. The monoisotopic (exact) mass is 2020 g/mol. The number of fused-ring (bicyclic) bond motifs is 4. The van der Waals surface area contributed by atoms with E-state index in [-0.39, 0.29) is 125 Å². The van der Waals surface area contributed by atoms with Crippen molar-refractivity contribution in [1.82, 2.24) is 46.6 Å². The number of aldehydes is 1. The van der Waals surface area contributed by atoms with E-state index in [4.69, 9.17) is 18.9 Å². The smallest absolute Gasteiger partial charge is 0.243 e. The lowest BCUT2D eigenvalue weighted by Crippen LogP contribution is -2.29. The molecule has 8 heterocycles. The van der Waals surface area contributed by atoms with Crippen molar-refractivity contribution in [2.45, 2.75) is 172 Å². The number of allylic oxidation sites excluding steroid dienone is 1. The number of nitrogens with zero attached hydrogens (tertiary/aromatic N) is 11. The van der Waals surface area contributed by atoms with Gasteiger partial charge in [-0.3, -0.25) is 19.0 Å². The standard InChI is InChI=1S/C24H28FN3O3S.C23H26FN3O4S.C21H23FIN3O3S.C15H23NO3S.C8H5FIN/c1-5-7-22-20-8-6-9-21(25)24(20)28(26-22)23-15-27(14-17(23)4)32(29,30)19-12-10-18(11-13-19)31-16(2)3;1-15(2)31-17-7-9-18(10-8-17)32(29,30)26-13-16(3)22(14-26)27-23-19(5-4-6-20(23)24)21(25-27)11-12-28;1-13(2)29-15-7-9-16(10-8-15)30(27,28)25-11-14(3)19(12-25)26-20-17(21(23)24-26)5-4-6-18(20)22;1-11(2)19-14-5-7-15(8-6-14)20(17,18)16-9-12(3)13(4)10-16;9-7-3-1-2-5-6(7)4-11-8(5)10/h5-6,8-13,16-17,23H,1,7,14-15H2,2-4H3;4-10,12,15-16,22H,11,13-14H2,1-3H3;4-10,13-14,19H,11-12H2,1-3H3;5-8,11-13H,9-10H2,1-4H3;1-3H,4H2/t17-,23+;16-,22+;14-,19+;12-,13-;/m1111./s1. The Morgan fingerprint density at radius 2 is 0.680 bits per heavy atom. The van der Waals surface area contributed by atoms with Gasteiger partial charge in [0, 0.05) is 92.5 Å². The summed E-state index contributed by atoms with van der Waals surface area (Å²) in [6.07, 6.45) is 3.15. The molecule has 3 aromatic heterocycles. The molecule has 24 nitrogen and oxygen atoms in total. The Hall–Kier alpha value is -8.73. The number of aromatic nitrogens is 6. The molecule has 0 bridgehead atoms. The summed E-state index contributed by atoms with van der Waals surface area (Å²) in [7, 11) is -14.5. The van der Waals surface area contributed by atoms with Crippen LogP contribution in [0.4, 0.5) is 17.6 Å². The summed E-state index contributed by atoms with van der Waals surface area (Å²) in [5.41, 5.74) is 4.05. The van der Waals surface area contributed by atoms with Gasteiger partial charge in [-0.15, -0.1) is 6.58 Å². The molecule has 5 aliphatic rings. The topological polar surface area (TPSA) is 269 Å². The molecule has 668 valence electrons. The molecule has 8 aromatic carbocycles. The molecule has 34 heteroatoms. The molecule has 16 rings (SSSR count). The van der Waals surface area contributed by atoms with Crippen molar-refractivity contribution in [1.29, 1.82) is 0 Å². The van der Waals surface area contributed by atoms with E-state index >= 15 is 0 Å². The number of halogens is 6. The van der Waals surface area contributed by atoms with Crippen LogP contribution in [0.25, 0.3) is 32.7 Å². The maximum absolute atomic E-state index is 14.8. The molecule has 0 N–H and O–H groups in total. The fourth-order valence-corrected chi connectivity index (χ4v) is 23.6. The summed E-state index contributed by atoms with van der Waals surface area (Å²) >= 11 is 4.21. The van der Waals surface area contributed by atoms with Gasteiger partial charge in [0.15, 0.2) is 0 Å². The Balaban J connectivity index is 0.000000147. The number of aliphatic imine (C=N–C) groups is 1. The molecule has 125 heavy (non-hydrogen) atoms. The van der Waals surface area contributed by atoms with Crippen molar-refractivity contribution >= 4 is 128 Å². The molecule has 0 unspecified atom stereocenters. The minimum Gasteiger partial charge on any atom is -0.491 e. The summed E-state index contributed by atoms with van der Waals surface area (Å²) in [5.74, 6) is 1.94. The SMILES string of the molecule is C=CCc1nn([C@H]2CN(S(=O)(=O)c3ccc(OC(C)C)cc3)C[C@H]2C)c2c(F)cccc12.CC(C)Oc1ccc(S(=O)(=O)N2C[C@@H](C)[C@@H](n3nc(CC=O)c4cccc(F)c43)C2)cc1.CC(C)Oc1ccc(S(=O)(=O)N2C[C@@H](C)[C@@H](n3nc(I)c4cccc(F)c43)C2)cc1.CC(C)Oc1ccc(S(=O)(=O)N2C[C@@H](C)[C@H](C)C2)cc1.Fc1cccc2c1CN=C2I. The largest absolute Gasteiger partial charge is 0.491 e. The van der Waals surface area contributed by atoms with Crippen molar-refractivity contribution in [3.05, 3.63) is 232 Å². The van der Waals surface area contributed by atoms with Gasteiger partial charge in [-0.05, 0) is 258 Å². The Morgan fingerprint density at radius 3 is 1.00 bits per heavy atom. The third-order valence-corrected chi connectivity index (χ3v) is 31.4. The number of sulfonamides is 4. The van der Waals surface area contributed by atoms with Crippen molar-refractivity contribution in [2.24, 2.45) is 34.6 Å². The molecule has 8 atom stereocenters. The molecular formula is C91H105F4I2N11O13S4. The zero-order valence-electron chi connectivity index (χ0n) is 71.9. The Labute approximate surface area is 756 Å².